The number of carboxylic acid groups (broad SMARTS) is 2. The van der Waals surface area contributed by atoms with E-state index in [9.17, 15) is 9.59 Å². The van der Waals surface area contributed by atoms with Crippen LogP contribution in [0.1, 0.15) is 28.0 Å². The number of aryl methyl sites for hydroxylation is 1. The molecule has 0 fully saturated rings. The number of aliphatic carboxylic acids is 1. The molecule has 0 spiro atoms. The zero-order valence-corrected chi connectivity index (χ0v) is 11.4. The fraction of sp³-hybridized carbons (Fsp3) is 0.214. The quantitative estimate of drug-likeness (QED) is 0.905. The molecule has 0 radical (unpaired) electrons. The van der Waals surface area contributed by atoms with Crippen molar-refractivity contribution in [3.63, 3.8) is 0 Å². The molecule has 1 heterocycles. The molecule has 2 aromatic rings. The van der Waals surface area contributed by atoms with Gasteiger partial charge in [-0.2, -0.15) is 0 Å². The second-order valence-electron chi connectivity index (χ2n) is 4.42. The second kappa shape index (κ2) is 5.46. The smallest absolute Gasteiger partial charge is 0.335 e. The standard InChI is InChI=1S/C14H12ClNO4/c1-7-9(3-5-12(17)18)13(15)10-6-8(14(19)20)2-4-11(10)16-7/h2,4,6H,3,5H2,1H3,(H,17,18)(H,19,20). The van der Waals surface area contributed by atoms with Gasteiger partial charge in [-0.05, 0) is 37.1 Å². The van der Waals surface area contributed by atoms with Gasteiger partial charge < -0.3 is 10.2 Å². The van der Waals surface area contributed by atoms with Crippen LogP contribution in [0.5, 0.6) is 0 Å². The van der Waals surface area contributed by atoms with E-state index in [0.29, 0.717) is 27.2 Å². The van der Waals surface area contributed by atoms with Gasteiger partial charge in [-0.1, -0.05) is 11.6 Å². The molecule has 0 bridgehead atoms. The van der Waals surface area contributed by atoms with Gasteiger partial charge in [0, 0.05) is 17.5 Å². The number of pyridine rings is 1. The number of hydrogen-bond acceptors (Lipinski definition) is 3. The summed E-state index contributed by atoms with van der Waals surface area (Å²) in [4.78, 5) is 26.0. The van der Waals surface area contributed by atoms with Crippen LogP contribution in [0.2, 0.25) is 5.02 Å². The van der Waals surface area contributed by atoms with Crippen molar-refractivity contribution >= 4 is 34.4 Å². The number of nitrogens with zero attached hydrogens (tertiary/aromatic N) is 1. The highest BCUT2D eigenvalue weighted by molar-refractivity contribution is 6.36. The first-order valence-corrected chi connectivity index (χ1v) is 6.31. The van der Waals surface area contributed by atoms with Crippen LogP contribution in [0.3, 0.4) is 0 Å². The van der Waals surface area contributed by atoms with Crippen LogP contribution in [0.4, 0.5) is 0 Å². The van der Waals surface area contributed by atoms with Crippen molar-refractivity contribution in [2.45, 2.75) is 19.8 Å². The minimum atomic E-state index is -1.05. The van der Waals surface area contributed by atoms with Crippen molar-refractivity contribution in [2.24, 2.45) is 0 Å². The van der Waals surface area contributed by atoms with Crippen LogP contribution in [-0.4, -0.2) is 27.1 Å². The molecule has 1 aromatic heterocycles. The number of benzene rings is 1. The lowest BCUT2D eigenvalue weighted by molar-refractivity contribution is -0.136. The molecular formula is C14H12ClNO4. The molecule has 5 nitrogen and oxygen atoms in total. The first kappa shape index (κ1) is 14.3. The zero-order chi connectivity index (χ0) is 14.9. The van der Waals surface area contributed by atoms with E-state index in [-0.39, 0.29) is 18.4 Å². The molecule has 0 saturated heterocycles. The monoisotopic (exact) mass is 293 g/mol. The van der Waals surface area contributed by atoms with E-state index in [0.717, 1.165) is 0 Å². The highest BCUT2D eigenvalue weighted by Gasteiger charge is 2.14. The van der Waals surface area contributed by atoms with E-state index in [1.807, 2.05) is 0 Å². The maximum atomic E-state index is 11.0. The number of fused-ring (bicyclic) bond motifs is 1. The summed E-state index contributed by atoms with van der Waals surface area (Å²) in [6.45, 7) is 1.76. The molecule has 0 aliphatic heterocycles. The lowest BCUT2D eigenvalue weighted by atomic mass is 10.0. The number of carbonyl (C=O) groups is 2. The van der Waals surface area contributed by atoms with Crippen LogP contribution >= 0.6 is 11.6 Å². The van der Waals surface area contributed by atoms with Crippen LogP contribution in [0.25, 0.3) is 10.9 Å². The third-order valence-electron chi connectivity index (χ3n) is 3.06. The Kier molecular flexibility index (Phi) is 3.90. The number of aromatic carboxylic acids is 1. The van der Waals surface area contributed by atoms with Gasteiger partial charge in [0.05, 0.1) is 16.1 Å². The van der Waals surface area contributed by atoms with Crippen molar-refractivity contribution in [3.8, 4) is 0 Å². The Labute approximate surface area is 119 Å². The Morgan fingerprint density at radius 3 is 2.60 bits per heavy atom. The largest absolute Gasteiger partial charge is 0.481 e. The Morgan fingerprint density at radius 1 is 1.30 bits per heavy atom. The van der Waals surface area contributed by atoms with Crippen molar-refractivity contribution in [3.05, 3.63) is 40.0 Å². The van der Waals surface area contributed by atoms with Crippen molar-refractivity contribution in [1.82, 2.24) is 4.98 Å². The molecule has 0 saturated carbocycles. The molecule has 0 amide bonds. The highest BCUT2D eigenvalue weighted by atomic mass is 35.5. The molecule has 20 heavy (non-hydrogen) atoms. The van der Waals surface area contributed by atoms with Crippen LogP contribution in [0.15, 0.2) is 18.2 Å². The van der Waals surface area contributed by atoms with Crippen molar-refractivity contribution < 1.29 is 19.8 Å². The Morgan fingerprint density at radius 2 is 2.00 bits per heavy atom. The van der Waals surface area contributed by atoms with Gasteiger partial charge in [-0.25, -0.2) is 4.79 Å². The average Bonchev–Trinajstić information content (AvgIpc) is 2.37. The molecule has 0 aliphatic carbocycles. The zero-order valence-electron chi connectivity index (χ0n) is 10.7. The number of halogens is 1. The topological polar surface area (TPSA) is 87.5 Å². The molecule has 2 N–H and O–H groups in total. The minimum Gasteiger partial charge on any atom is -0.481 e. The third kappa shape index (κ3) is 2.72. The first-order chi connectivity index (χ1) is 9.40. The van der Waals surface area contributed by atoms with E-state index < -0.39 is 11.9 Å². The number of rotatable bonds is 4. The summed E-state index contributed by atoms with van der Waals surface area (Å²) in [6.07, 6.45) is 0.215. The van der Waals surface area contributed by atoms with Gasteiger partial charge >= 0.3 is 11.9 Å². The predicted octanol–water partition coefficient (Wildman–Crippen LogP) is 2.91. The molecule has 104 valence electrons. The highest BCUT2D eigenvalue weighted by Crippen LogP contribution is 2.29. The van der Waals surface area contributed by atoms with Crippen LogP contribution < -0.4 is 0 Å². The van der Waals surface area contributed by atoms with Gasteiger partial charge in [0.25, 0.3) is 0 Å². The SMILES string of the molecule is Cc1nc2ccc(C(=O)O)cc2c(Cl)c1CCC(=O)O. The van der Waals surface area contributed by atoms with Gasteiger partial charge in [-0.15, -0.1) is 0 Å². The minimum absolute atomic E-state index is 0.0492. The van der Waals surface area contributed by atoms with Crippen molar-refractivity contribution in [1.29, 1.82) is 0 Å². The van der Waals surface area contributed by atoms with E-state index in [1.54, 1.807) is 13.0 Å². The van der Waals surface area contributed by atoms with E-state index in [1.165, 1.54) is 12.1 Å². The molecule has 6 heteroatoms. The molecule has 0 aliphatic rings. The molecule has 2 rings (SSSR count). The summed E-state index contributed by atoms with van der Waals surface area (Å²) in [6, 6.07) is 4.51. The molecule has 1 aromatic carbocycles. The number of aromatic nitrogens is 1. The summed E-state index contributed by atoms with van der Waals surface area (Å²) in [5.41, 5.74) is 2.02. The fourth-order valence-corrected chi connectivity index (χ4v) is 2.42. The van der Waals surface area contributed by atoms with E-state index in [4.69, 9.17) is 21.8 Å². The number of hydrogen-bond donors (Lipinski definition) is 2. The summed E-state index contributed by atoms with van der Waals surface area (Å²) in [5, 5.41) is 18.6. The molecule has 0 atom stereocenters. The van der Waals surface area contributed by atoms with Gasteiger partial charge in [0.15, 0.2) is 0 Å². The van der Waals surface area contributed by atoms with Gasteiger partial charge in [0.2, 0.25) is 0 Å². The summed E-state index contributed by atoms with van der Waals surface area (Å²) in [7, 11) is 0. The second-order valence-corrected chi connectivity index (χ2v) is 4.80. The Hall–Kier alpha value is -2.14. The predicted molar refractivity (Wildman–Crippen MR) is 74.4 cm³/mol. The summed E-state index contributed by atoms with van der Waals surface area (Å²) < 4.78 is 0. The van der Waals surface area contributed by atoms with Crippen LogP contribution in [-0.2, 0) is 11.2 Å². The maximum absolute atomic E-state index is 11.0. The first-order valence-electron chi connectivity index (χ1n) is 5.94. The number of carboxylic acids is 2. The van der Waals surface area contributed by atoms with Crippen LogP contribution in [0, 0.1) is 6.92 Å². The van der Waals surface area contributed by atoms with Gasteiger partial charge in [-0.3, -0.25) is 9.78 Å². The van der Waals surface area contributed by atoms with E-state index >= 15 is 0 Å². The fourth-order valence-electron chi connectivity index (χ4n) is 2.03. The van der Waals surface area contributed by atoms with E-state index in [2.05, 4.69) is 4.98 Å². The summed E-state index contributed by atoms with van der Waals surface area (Å²) in [5.74, 6) is -1.96. The molecular weight excluding hydrogens is 282 g/mol. The average molecular weight is 294 g/mol. The van der Waals surface area contributed by atoms with Crippen molar-refractivity contribution in [2.75, 3.05) is 0 Å². The maximum Gasteiger partial charge on any atom is 0.335 e. The Balaban J connectivity index is 2.58. The van der Waals surface area contributed by atoms with Gasteiger partial charge in [0.1, 0.15) is 0 Å². The normalized spacial score (nSPS) is 10.7. The third-order valence-corrected chi connectivity index (χ3v) is 3.49. The lowest BCUT2D eigenvalue weighted by Gasteiger charge is -2.10. The molecule has 0 unspecified atom stereocenters. The summed E-state index contributed by atoms with van der Waals surface area (Å²) >= 11 is 6.28. The lowest BCUT2D eigenvalue weighted by Crippen LogP contribution is -2.03. The Bertz CT molecular complexity index is 712.